The van der Waals surface area contributed by atoms with E-state index in [0.717, 1.165) is 6.54 Å². The molecule has 12 heavy (non-hydrogen) atoms. The van der Waals surface area contributed by atoms with Gasteiger partial charge in [-0.05, 0) is 14.1 Å². The van der Waals surface area contributed by atoms with Crippen LogP contribution < -0.4 is 0 Å². The van der Waals surface area contributed by atoms with Crippen molar-refractivity contribution in [3.63, 3.8) is 0 Å². The number of hydrogen-bond donors (Lipinski definition) is 1. The van der Waals surface area contributed by atoms with Crippen LogP contribution in [0, 0.1) is 0 Å². The quantitative estimate of drug-likeness (QED) is 0.523. The predicted octanol–water partition coefficient (Wildman–Crippen LogP) is 0.586. The summed E-state index contributed by atoms with van der Waals surface area (Å²) in [7, 11) is 3.95. The van der Waals surface area contributed by atoms with Crippen LogP contribution >= 0.6 is 24.0 Å². The van der Waals surface area contributed by atoms with Gasteiger partial charge < -0.3 is 14.7 Å². The van der Waals surface area contributed by atoms with E-state index in [1.807, 2.05) is 19.0 Å². The highest BCUT2D eigenvalue weighted by molar-refractivity contribution is 6.18. The van der Waals surface area contributed by atoms with Crippen molar-refractivity contribution >= 4 is 24.0 Å². The minimum absolute atomic E-state index is 0. The Balaban J connectivity index is 0. The molecule has 0 aromatic carbocycles. The fourth-order valence-corrected chi connectivity index (χ4v) is 0.600. The fraction of sp³-hybridized carbons (Fsp3) is 1.00. The Hall–Kier alpha value is 0.460. The number of rotatable bonds is 6. The number of halogens is 2. The van der Waals surface area contributed by atoms with Gasteiger partial charge in [-0.1, -0.05) is 0 Å². The SMILES string of the molecule is CN(C)CCOCC(O)CCl.Cl. The average Bonchev–Trinajstić information content (AvgIpc) is 1.97. The maximum atomic E-state index is 8.95. The van der Waals surface area contributed by atoms with E-state index < -0.39 is 6.10 Å². The highest BCUT2D eigenvalue weighted by Gasteiger charge is 2.00. The van der Waals surface area contributed by atoms with Crippen molar-refractivity contribution in [2.24, 2.45) is 0 Å². The molecule has 0 aliphatic carbocycles. The van der Waals surface area contributed by atoms with Gasteiger partial charge >= 0.3 is 0 Å². The second-order valence-electron chi connectivity index (χ2n) is 2.69. The lowest BCUT2D eigenvalue weighted by atomic mass is 10.4. The zero-order valence-electron chi connectivity index (χ0n) is 7.49. The first kappa shape index (κ1) is 15.0. The van der Waals surface area contributed by atoms with Gasteiger partial charge in [-0.15, -0.1) is 24.0 Å². The van der Waals surface area contributed by atoms with Crippen LogP contribution in [0.15, 0.2) is 0 Å². The van der Waals surface area contributed by atoms with Gasteiger partial charge in [0.05, 0.1) is 25.2 Å². The van der Waals surface area contributed by atoms with Gasteiger partial charge in [-0.3, -0.25) is 0 Å². The fourth-order valence-electron chi connectivity index (χ4n) is 0.511. The van der Waals surface area contributed by atoms with Crippen molar-refractivity contribution in [1.29, 1.82) is 0 Å². The molecule has 0 amide bonds. The van der Waals surface area contributed by atoms with E-state index in [-0.39, 0.29) is 18.3 Å². The molecule has 0 saturated heterocycles. The summed E-state index contributed by atoms with van der Waals surface area (Å²) >= 11 is 5.35. The zero-order valence-corrected chi connectivity index (χ0v) is 9.07. The van der Waals surface area contributed by atoms with Gasteiger partial charge in [0.15, 0.2) is 0 Å². The monoisotopic (exact) mass is 217 g/mol. The molecule has 3 nitrogen and oxygen atoms in total. The molecule has 0 saturated carbocycles. The van der Waals surface area contributed by atoms with Gasteiger partial charge in [-0.2, -0.15) is 0 Å². The molecule has 0 bridgehead atoms. The molecule has 5 heteroatoms. The summed E-state index contributed by atoms with van der Waals surface area (Å²) in [6.45, 7) is 1.84. The lowest BCUT2D eigenvalue weighted by Crippen LogP contribution is -2.22. The van der Waals surface area contributed by atoms with Gasteiger partial charge in [0, 0.05) is 6.54 Å². The Morgan fingerprint density at radius 2 is 2.08 bits per heavy atom. The minimum atomic E-state index is -0.529. The summed E-state index contributed by atoms with van der Waals surface area (Å²) in [6.07, 6.45) is -0.529. The molecule has 0 radical (unpaired) electrons. The molecule has 1 unspecified atom stereocenters. The van der Waals surface area contributed by atoms with Crippen molar-refractivity contribution in [2.75, 3.05) is 39.7 Å². The normalized spacial score (nSPS) is 12.8. The first-order valence-electron chi connectivity index (χ1n) is 3.63. The molecule has 0 spiro atoms. The molecule has 76 valence electrons. The standard InChI is InChI=1S/C7H16ClNO2.ClH/c1-9(2)3-4-11-6-7(10)5-8;/h7,10H,3-6H2,1-2H3;1H. The Bertz CT molecular complexity index is 93.5. The van der Waals surface area contributed by atoms with E-state index in [1.54, 1.807) is 0 Å². The van der Waals surface area contributed by atoms with Crippen LogP contribution in [0.5, 0.6) is 0 Å². The largest absolute Gasteiger partial charge is 0.389 e. The van der Waals surface area contributed by atoms with Gasteiger partial charge in [-0.25, -0.2) is 0 Å². The highest BCUT2D eigenvalue weighted by atomic mass is 35.5. The van der Waals surface area contributed by atoms with Crippen molar-refractivity contribution in [3.05, 3.63) is 0 Å². The summed E-state index contributed by atoms with van der Waals surface area (Å²) in [5.74, 6) is 0.238. The number of likely N-dealkylation sites (N-methyl/N-ethyl adjacent to an activating group) is 1. The maximum Gasteiger partial charge on any atom is 0.0908 e. The molecule has 0 fully saturated rings. The molecular formula is C7H17Cl2NO2. The first-order valence-corrected chi connectivity index (χ1v) is 4.16. The summed E-state index contributed by atoms with van der Waals surface area (Å²) in [6, 6.07) is 0. The third-order valence-electron chi connectivity index (χ3n) is 1.17. The summed E-state index contributed by atoms with van der Waals surface area (Å²) < 4.78 is 5.12. The second-order valence-corrected chi connectivity index (χ2v) is 2.99. The smallest absolute Gasteiger partial charge is 0.0908 e. The average molecular weight is 218 g/mol. The molecule has 0 aromatic heterocycles. The van der Waals surface area contributed by atoms with E-state index in [9.17, 15) is 0 Å². The molecule has 0 heterocycles. The van der Waals surface area contributed by atoms with E-state index >= 15 is 0 Å². The van der Waals surface area contributed by atoms with Crippen LogP contribution in [0.3, 0.4) is 0 Å². The maximum absolute atomic E-state index is 8.95. The lowest BCUT2D eigenvalue weighted by molar-refractivity contribution is 0.0418. The number of aliphatic hydroxyl groups is 1. The zero-order chi connectivity index (χ0) is 8.69. The highest BCUT2D eigenvalue weighted by Crippen LogP contribution is 1.88. The van der Waals surface area contributed by atoms with Crippen LogP contribution in [0.4, 0.5) is 0 Å². The number of aliphatic hydroxyl groups excluding tert-OH is 1. The Kier molecular flexibility index (Phi) is 11.9. The number of alkyl halides is 1. The van der Waals surface area contributed by atoms with Crippen molar-refractivity contribution in [1.82, 2.24) is 4.90 Å². The Labute approximate surface area is 85.1 Å². The molecule has 1 atom stereocenters. The molecule has 0 aliphatic heterocycles. The van der Waals surface area contributed by atoms with Crippen LogP contribution in [-0.2, 0) is 4.74 Å². The molecule has 0 aliphatic rings. The van der Waals surface area contributed by atoms with E-state index in [0.29, 0.717) is 13.2 Å². The molecule has 0 rings (SSSR count). The van der Waals surface area contributed by atoms with Crippen molar-refractivity contribution < 1.29 is 9.84 Å². The minimum Gasteiger partial charge on any atom is -0.389 e. The van der Waals surface area contributed by atoms with Crippen LogP contribution in [0.2, 0.25) is 0 Å². The third kappa shape index (κ3) is 10.5. The van der Waals surface area contributed by atoms with Gasteiger partial charge in [0.25, 0.3) is 0 Å². The van der Waals surface area contributed by atoms with Crippen LogP contribution in [-0.4, -0.2) is 55.8 Å². The van der Waals surface area contributed by atoms with E-state index in [1.165, 1.54) is 0 Å². The first-order chi connectivity index (χ1) is 5.16. The lowest BCUT2D eigenvalue weighted by Gasteiger charge is -2.11. The van der Waals surface area contributed by atoms with E-state index in [4.69, 9.17) is 21.4 Å². The van der Waals surface area contributed by atoms with Crippen LogP contribution in [0.1, 0.15) is 0 Å². The van der Waals surface area contributed by atoms with Gasteiger partial charge in [0.1, 0.15) is 0 Å². The number of hydrogen-bond acceptors (Lipinski definition) is 3. The molecule has 1 N–H and O–H groups in total. The van der Waals surface area contributed by atoms with Gasteiger partial charge in [0.2, 0.25) is 0 Å². The van der Waals surface area contributed by atoms with Crippen LogP contribution in [0.25, 0.3) is 0 Å². The predicted molar refractivity (Wildman–Crippen MR) is 53.3 cm³/mol. The third-order valence-corrected chi connectivity index (χ3v) is 1.53. The summed E-state index contributed by atoms with van der Waals surface area (Å²) in [5.41, 5.74) is 0. The van der Waals surface area contributed by atoms with Crippen molar-refractivity contribution in [3.8, 4) is 0 Å². The second kappa shape index (κ2) is 9.55. The molecular weight excluding hydrogens is 201 g/mol. The molecule has 0 aromatic rings. The Morgan fingerprint density at radius 1 is 1.50 bits per heavy atom. The van der Waals surface area contributed by atoms with E-state index in [2.05, 4.69) is 0 Å². The Morgan fingerprint density at radius 3 is 2.50 bits per heavy atom. The topological polar surface area (TPSA) is 32.7 Å². The number of ether oxygens (including phenoxy) is 1. The number of nitrogens with zero attached hydrogens (tertiary/aromatic N) is 1. The summed E-state index contributed by atoms with van der Waals surface area (Å²) in [4.78, 5) is 2.02. The summed E-state index contributed by atoms with van der Waals surface area (Å²) in [5, 5.41) is 8.95. The van der Waals surface area contributed by atoms with Crippen molar-refractivity contribution in [2.45, 2.75) is 6.10 Å².